The summed E-state index contributed by atoms with van der Waals surface area (Å²) in [7, 11) is -1.11. The van der Waals surface area contributed by atoms with Gasteiger partial charge >= 0.3 is 5.76 Å². The van der Waals surface area contributed by atoms with Gasteiger partial charge in [-0.05, 0) is 70.5 Å². The number of nitrogens with one attached hydrogen (secondary N) is 1. The maximum absolute atomic E-state index is 13.6. The number of benzene rings is 2. The number of fused-ring (bicyclic) bond motifs is 1. The summed E-state index contributed by atoms with van der Waals surface area (Å²) in [5, 5.41) is 10.0. The number of rotatable bonds is 9. The van der Waals surface area contributed by atoms with Crippen LogP contribution in [0.15, 0.2) is 61.1 Å². The van der Waals surface area contributed by atoms with Crippen molar-refractivity contribution >= 4 is 32.4 Å². The van der Waals surface area contributed by atoms with E-state index in [1.54, 1.807) is 31.0 Å². The molecule has 2 unspecified atom stereocenters. The quantitative estimate of drug-likeness (QED) is 0.183. The van der Waals surface area contributed by atoms with E-state index in [1.807, 2.05) is 15.6 Å². The summed E-state index contributed by atoms with van der Waals surface area (Å²) in [6, 6.07) is 10.1. The van der Waals surface area contributed by atoms with Gasteiger partial charge in [0.2, 0.25) is 0 Å². The predicted molar refractivity (Wildman–Crippen MR) is 179 cm³/mol. The van der Waals surface area contributed by atoms with Gasteiger partial charge < -0.3 is 15.4 Å². The van der Waals surface area contributed by atoms with Gasteiger partial charge in [0.25, 0.3) is 10.0 Å². The van der Waals surface area contributed by atoms with Crippen LogP contribution in [0.25, 0.3) is 33.3 Å². The molecule has 15 heteroatoms. The molecule has 0 aliphatic carbocycles. The van der Waals surface area contributed by atoms with E-state index in [0.717, 1.165) is 30.5 Å². The maximum atomic E-state index is 13.6. The Kier molecular flexibility index (Phi) is 8.62. The van der Waals surface area contributed by atoms with E-state index >= 15 is 0 Å². The largest absolute Gasteiger partial charge is 0.484 e. The zero-order chi connectivity index (χ0) is 34.5. The Bertz CT molecular complexity index is 2080. The van der Waals surface area contributed by atoms with Crippen molar-refractivity contribution < 1.29 is 26.3 Å². The second-order valence-corrected chi connectivity index (χ2v) is 14.4. The number of hydrogen-bond acceptors (Lipinski definition) is 8. The predicted octanol–water partition coefficient (Wildman–Crippen LogP) is 6.37. The Morgan fingerprint density at radius 1 is 1.08 bits per heavy atom. The minimum atomic E-state index is -5.02. The third-order valence-electron chi connectivity index (χ3n) is 9.13. The van der Waals surface area contributed by atoms with Crippen molar-refractivity contribution in [3.8, 4) is 28.1 Å². The average Bonchev–Trinajstić information content (AvgIpc) is 3.66. The summed E-state index contributed by atoms with van der Waals surface area (Å²) >= 11 is 0. The van der Waals surface area contributed by atoms with E-state index in [-0.39, 0.29) is 28.8 Å². The van der Waals surface area contributed by atoms with E-state index < -0.39 is 27.7 Å². The first kappa shape index (κ1) is 33.3. The van der Waals surface area contributed by atoms with Gasteiger partial charge in [-0.3, -0.25) is 14.1 Å². The zero-order valence-corrected chi connectivity index (χ0v) is 28.0. The van der Waals surface area contributed by atoms with Gasteiger partial charge in [-0.15, -0.1) is 0 Å². The summed E-state index contributed by atoms with van der Waals surface area (Å²) in [6.07, 6.45) is 6.71. The number of anilines is 2. The number of nitrogens with zero attached hydrogens (tertiary/aromatic N) is 6. The fraction of sp³-hybridized carbons (Fsp3) is 0.364. The molecule has 5 aromatic rings. The Morgan fingerprint density at radius 3 is 2.50 bits per heavy atom. The molecule has 0 bridgehead atoms. The van der Waals surface area contributed by atoms with Gasteiger partial charge in [0.05, 0.1) is 28.8 Å². The normalized spacial score (nSPS) is 17.6. The van der Waals surface area contributed by atoms with E-state index in [4.69, 9.17) is 20.7 Å². The maximum Gasteiger partial charge on any atom is 0.355 e. The van der Waals surface area contributed by atoms with E-state index in [1.165, 1.54) is 42.5 Å². The molecular weight excluding hydrogens is 645 g/mol. The third-order valence-corrected chi connectivity index (χ3v) is 10.1. The molecule has 6 rings (SSSR count). The zero-order valence-electron chi connectivity index (χ0n) is 27.2. The minimum absolute atomic E-state index is 0.0378. The van der Waals surface area contributed by atoms with Crippen LogP contribution in [0.1, 0.15) is 51.3 Å². The highest BCUT2D eigenvalue weighted by Crippen LogP contribution is 2.41. The molecule has 0 spiro atoms. The number of aromatic nitrogens is 5. The number of ether oxygens (including phenoxy) is 1. The molecule has 2 atom stereocenters. The summed E-state index contributed by atoms with van der Waals surface area (Å²) in [5.41, 5.74) is 10.1. The number of piperidine rings is 1. The summed E-state index contributed by atoms with van der Waals surface area (Å²) in [5.74, 6) is -3.94. The molecule has 11 nitrogen and oxygen atoms in total. The molecule has 1 fully saturated rings. The van der Waals surface area contributed by atoms with Crippen molar-refractivity contribution in [3.05, 3.63) is 72.4 Å². The number of likely N-dealkylation sites (tertiary alicyclic amines) is 1. The van der Waals surface area contributed by atoms with Gasteiger partial charge in [-0.25, -0.2) is 17.8 Å². The molecule has 1 aliphatic rings. The molecule has 2 aromatic carbocycles. The smallest absolute Gasteiger partial charge is 0.355 e. The molecule has 3 N–H and O–H groups in total. The molecular formula is C33H37F3N8O3S. The molecule has 48 heavy (non-hydrogen) atoms. The molecule has 0 saturated carbocycles. The van der Waals surface area contributed by atoms with Crippen molar-refractivity contribution in [2.75, 3.05) is 24.0 Å². The van der Waals surface area contributed by atoms with E-state index in [0.29, 0.717) is 27.7 Å². The van der Waals surface area contributed by atoms with Crippen LogP contribution in [-0.2, 0) is 17.1 Å². The summed E-state index contributed by atoms with van der Waals surface area (Å²) in [6.45, 7) is 7.09. The van der Waals surface area contributed by atoms with Crippen molar-refractivity contribution in [2.45, 2.75) is 57.1 Å². The minimum Gasteiger partial charge on any atom is -0.484 e. The summed E-state index contributed by atoms with van der Waals surface area (Å²) in [4.78, 5) is 6.84. The topological polar surface area (TPSA) is 133 Å². The van der Waals surface area contributed by atoms with Crippen molar-refractivity contribution in [1.82, 2.24) is 29.4 Å². The van der Waals surface area contributed by atoms with Gasteiger partial charge in [0, 0.05) is 48.2 Å². The SMILES string of the molecule is CC(Oc1cc(-c2nn(C)c3c(-c4cnn(C5CCN(C)C(C)(C)C5)c4)cnc(N)c23)ccc1NS(=O)(=O)C(F)F)c1ccc(F)cc1. The number of sulfonamides is 1. The first-order chi connectivity index (χ1) is 22.6. The Morgan fingerprint density at radius 2 is 1.81 bits per heavy atom. The van der Waals surface area contributed by atoms with Crippen LogP contribution >= 0.6 is 0 Å². The lowest BCUT2D eigenvalue weighted by Crippen LogP contribution is -2.47. The molecule has 3 aromatic heterocycles. The molecule has 254 valence electrons. The number of alkyl halides is 2. The van der Waals surface area contributed by atoms with E-state index in [2.05, 4.69) is 30.8 Å². The number of nitrogen functional groups attached to an aromatic ring is 1. The van der Waals surface area contributed by atoms with Crippen LogP contribution in [-0.4, -0.2) is 62.8 Å². The number of halogens is 3. The molecule has 1 aliphatic heterocycles. The van der Waals surface area contributed by atoms with Crippen molar-refractivity contribution in [3.63, 3.8) is 0 Å². The van der Waals surface area contributed by atoms with Gasteiger partial charge in [-0.2, -0.15) is 19.0 Å². The van der Waals surface area contributed by atoms with Crippen LogP contribution in [0.5, 0.6) is 5.75 Å². The number of aryl methyl sites for hydroxylation is 1. The Hall–Kier alpha value is -4.63. The van der Waals surface area contributed by atoms with Crippen LogP contribution in [0.4, 0.5) is 24.7 Å². The van der Waals surface area contributed by atoms with E-state index in [9.17, 15) is 21.6 Å². The lowest BCUT2D eigenvalue weighted by Gasteiger charge is -2.43. The van der Waals surface area contributed by atoms with Crippen molar-refractivity contribution in [1.29, 1.82) is 0 Å². The second-order valence-electron chi connectivity index (χ2n) is 12.8. The number of hydrogen-bond donors (Lipinski definition) is 2. The number of pyridine rings is 1. The average molecular weight is 683 g/mol. The standard InChI is InChI=1S/C33H37F3N8O3S/c1-19(20-6-9-23(34)10-7-20)47-27-14-21(8-11-26(27)41-48(45,46)32(35)36)29-28-30(43(5)40-29)25(17-38-31(28)37)22-16-39-44(18-22)24-12-13-42(4)33(2,3)15-24/h6-11,14,16-19,24,32,41H,12-13,15H2,1-5H3,(H2,37,38). The lowest BCUT2D eigenvalue weighted by atomic mass is 9.87. The molecule has 0 amide bonds. The lowest BCUT2D eigenvalue weighted by molar-refractivity contribution is 0.0719. The number of nitrogens with two attached hydrogens (primary N) is 1. The third kappa shape index (κ3) is 6.31. The van der Waals surface area contributed by atoms with Gasteiger partial charge in [-0.1, -0.05) is 18.2 Å². The first-order valence-corrected chi connectivity index (χ1v) is 16.9. The second kappa shape index (κ2) is 12.4. The van der Waals surface area contributed by atoms with Crippen LogP contribution in [0, 0.1) is 5.82 Å². The van der Waals surface area contributed by atoms with Crippen LogP contribution in [0.2, 0.25) is 0 Å². The fourth-order valence-corrected chi connectivity index (χ4v) is 6.74. The van der Waals surface area contributed by atoms with Crippen LogP contribution < -0.4 is 15.2 Å². The van der Waals surface area contributed by atoms with Gasteiger partial charge in [0.1, 0.15) is 29.2 Å². The summed E-state index contributed by atoms with van der Waals surface area (Å²) < 4.78 is 76.2. The van der Waals surface area contributed by atoms with Crippen LogP contribution in [0.3, 0.4) is 0 Å². The monoisotopic (exact) mass is 682 g/mol. The molecule has 4 heterocycles. The fourth-order valence-electron chi connectivity index (χ4n) is 6.17. The Labute approximate surface area is 276 Å². The molecule has 0 radical (unpaired) electrons. The molecule has 1 saturated heterocycles. The van der Waals surface area contributed by atoms with Gasteiger partial charge in [0.15, 0.2) is 0 Å². The van der Waals surface area contributed by atoms with Crippen molar-refractivity contribution in [2.24, 2.45) is 7.05 Å². The highest BCUT2D eigenvalue weighted by Gasteiger charge is 2.34. The highest BCUT2D eigenvalue weighted by atomic mass is 32.2. The Balaban J connectivity index is 1.41. The first-order valence-electron chi connectivity index (χ1n) is 15.4. The highest BCUT2D eigenvalue weighted by molar-refractivity contribution is 7.93.